The monoisotopic (exact) mass is 308 g/mol. The third kappa shape index (κ3) is 3.05. The highest BCUT2D eigenvalue weighted by atomic mass is 19.4. The van der Waals surface area contributed by atoms with Gasteiger partial charge in [-0.15, -0.1) is 0 Å². The van der Waals surface area contributed by atoms with Crippen molar-refractivity contribution in [1.82, 2.24) is 9.78 Å². The second-order valence-electron chi connectivity index (χ2n) is 5.51. The van der Waals surface area contributed by atoms with E-state index in [2.05, 4.69) is 5.10 Å². The van der Waals surface area contributed by atoms with Crippen LogP contribution in [-0.4, -0.2) is 9.78 Å². The third-order valence-electron chi connectivity index (χ3n) is 3.89. The fraction of sp³-hybridized carbons (Fsp3) is 0.375. The van der Waals surface area contributed by atoms with Gasteiger partial charge in [0.2, 0.25) is 0 Å². The number of aryl methyl sites for hydroxylation is 2. The number of fused-ring (bicyclic) bond motifs is 1. The molecule has 0 aliphatic heterocycles. The number of rotatable bonds is 2. The van der Waals surface area contributed by atoms with E-state index >= 15 is 0 Å². The molecule has 2 aromatic rings. The molecular weight excluding hydrogens is 293 g/mol. The minimum absolute atomic E-state index is 0.185. The Kier molecular flexibility index (Phi) is 3.76. The van der Waals surface area contributed by atoms with E-state index in [9.17, 15) is 18.0 Å². The van der Waals surface area contributed by atoms with Crippen LogP contribution in [0.4, 0.5) is 13.2 Å². The number of hydrogen-bond donors (Lipinski definition) is 0. The molecule has 1 aliphatic rings. The molecule has 0 saturated carbocycles. The number of hydrogen-bond acceptors (Lipinski definition) is 2. The van der Waals surface area contributed by atoms with Gasteiger partial charge in [-0.05, 0) is 48.9 Å². The third-order valence-corrected chi connectivity index (χ3v) is 3.89. The maximum atomic E-state index is 12.5. The van der Waals surface area contributed by atoms with E-state index in [1.54, 1.807) is 6.07 Å². The van der Waals surface area contributed by atoms with Gasteiger partial charge in [0.25, 0.3) is 5.56 Å². The summed E-state index contributed by atoms with van der Waals surface area (Å²) in [6.07, 6.45) is -0.504. The molecule has 1 aromatic heterocycles. The lowest BCUT2D eigenvalue weighted by molar-refractivity contribution is -0.137. The van der Waals surface area contributed by atoms with E-state index in [-0.39, 0.29) is 12.1 Å². The van der Waals surface area contributed by atoms with Crippen LogP contribution in [0.1, 0.15) is 35.2 Å². The fourth-order valence-corrected chi connectivity index (χ4v) is 2.69. The van der Waals surface area contributed by atoms with Crippen molar-refractivity contribution in [1.29, 1.82) is 0 Å². The molecule has 0 spiro atoms. The summed E-state index contributed by atoms with van der Waals surface area (Å²) in [5.74, 6) is 0. The second-order valence-corrected chi connectivity index (χ2v) is 5.51. The predicted molar refractivity (Wildman–Crippen MR) is 75.7 cm³/mol. The summed E-state index contributed by atoms with van der Waals surface area (Å²) in [6.45, 7) is 0.185. The lowest BCUT2D eigenvalue weighted by atomic mass is 9.97. The molecule has 1 aromatic carbocycles. The van der Waals surface area contributed by atoms with E-state index in [4.69, 9.17) is 0 Å². The molecule has 22 heavy (non-hydrogen) atoms. The van der Waals surface area contributed by atoms with Gasteiger partial charge in [0, 0.05) is 6.07 Å². The van der Waals surface area contributed by atoms with Gasteiger partial charge in [-0.3, -0.25) is 4.79 Å². The highest BCUT2D eigenvalue weighted by molar-refractivity contribution is 5.25. The quantitative estimate of drug-likeness (QED) is 0.854. The number of halogens is 3. The van der Waals surface area contributed by atoms with Gasteiger partial charge in [0.1, 0.15) is 0 Å². The standard InChI is InChI=1S/C16H15F3N2O/c17-16(18,19)13-7-5-11(6-8-13)10-21-15(22)9-12-3-1-2-4-14(12)20-21/h5-9H,1-4,10H2. The molecule has 116 valence electrons. The first kappa shape index (κ1) is 14.8. The summed E-state index contributed by atoms with van der Waals surface area (Å²) in [4.78, 5) is 12.0. The lowest BCUT2D eigenvalue weighted by Gasteiger charge is -2.16. The van der Waals surface area contributed by atoms with Crippen molar-refractivity contribution in [3.05, 3.63) is 63.1 Å². The van der Waals surface area contributed by atoms with Crippen molar-refractivity contribution in [3.63, 3.8) is 0 Å². The van der Waals surface area contributed by atoms with Crippen molar-refractivity contribution in [2.45, 2.75) is 38.4 Å². The zero-order valence-electron chi connectivity index (χ0n) is 11.9. The van der Waals surface area contributed by atoms with E-state index in [0.29, 0.717) is 5.56 Å². The number of alkyl halides is 3. The van der Waals surface area contributed by atoms with Gasteiger partial charge in [0.15, 0.2) is 0 Å². The topological polar surface area (TPSA) is 34.9 Å². The van der Waals surface area contributed by atoms with Crippen LogP contribution in [0.2, 0.25) is 0 Å². The molecule has 1 heterocycles. The van der Waals surface area contributed by atoms with Gasteiger partial charge >= 0.3 is 6.18 Å². The Balaban J connectivity index is 1.85. The average molecular weight is 308 g/mol. The van der Waals surface area contributed by atoms with Crippen LogP contribution in [0.5, 0.6) is 0 Å². The largest absolute Gasteiger partial charge is 0.416 e. The normalized spacial score (nSPS) is 14.7. The maximum absolute atomic E-state index is 12.5. The van der Waals surface area contributed by atoms with Gasteiger partial charge in [-0.1, -0.05) is 12.1 Å². The molecule has 0 unspecified atom stereocenters. The van der Waals surface area contributed by atoms with Crippen molar-refractivity contribution >= 4 is 0 Å². The van der Waals surface area contributed by atoms with Crippen LogP contribution in [0.25, 0.3) is 0 Å². The Hall–Kier alpha value is -2.11. The summed E-state index contributed by atoms with van der Waals surface area (Å²) in [5.41, 5.74) is 1.65. The average Bonchev–Trinajstić information content (AvgIpc) is 2.48. The Bertz CT molecular complexity index is 733. The molecule has 0 bridgehead atoms. The van der Waals surface area contributed by atoms with Crippen LogP contribution < -0.4 is 5.56 Å². The van der Waals surface area contributed by atoms with E-state index in [0.717, 1.165) is 49.1 Å². The molecule has 3 nitrogen and oxygen atoms in total. The first-order chi connectivity index (χ1) is 10.4. The van der Waals surface area contributed by atoms with Gasteiger partial charge < -0.3 is 0 Å². The maximum Gasteiger partial charge on any atom is 0.416 e. The Morgan fingerprint density at radius 3 is 2.45 bits per heavy atom. The Morgan fingerprint density at radius 1 is 1.09 bits per heavy atom. The zero-order valence-corrected chi connectivity index (χ0v) is 11.9. The molecule has 0 radical (unpaired) electrons. The van der Waals surface area contributed by atoms with Crippen molar-refractivity contribution in [2.24, 2.45) is 0 Å². The predicted octanol–water partition coefficient (Wildman–Crippen LogP) is 3.19. The van der Waals surface area contributed by atoms with Crippen LogP contribution >= 0.6 is 0 Å². The molecule has 6 heteroatoms. The van der Waals surface area contributed by atoms with Crippen LogP contribution in [0, 0.1) is 0 Å². The summed E-state index contributed by atoms with van der Waals surface area (Å²) in [7, 11) is 0. The molecule has 0 fully saturated rings. The number of benzene rings is 1. The van der Waals surface area contributed by atoms with Crippen molar-refractivity contribution < 1.29 is 13.2 Å². The number of aromatic nitrogens is 2. The molecule has 0 amide bonds. The van der Waals surface area contributed by atoms with Crippen LogP contribution in [0.15, 0.2) is 35.1 Å². The molecule has 0 atom stereocenters. The summed E-state index contributed by atoms with van der Waals surface area (Å²) >= 11 is 0. The van der Waals surface area contributed by atoms with Crippen molar-refractivity contribution in [2.75, 3.05) is 0 Å². The molecule has 3 rings (SSSR count). The Labute approximate surface area is 125 Å². The van der Waals surface area contributed by atoms with Gasteiger partial charge in [-0.25, -0.2) is 4.68 Å². The molecule has 1 aliphatic carbocycles. The summed E-state index contributed by atoms with van der Waals surface area (Å²) in [6, 6.07) is 6.43. The summed E-state index contributed by atoms with van der Waals surface area (Å²) in [5, 5.41) is 4.36. The highest BCUT2D eigenvalue weighted by Crippen LogP contribution is 2.29. The highest BCUT2D eigenvalue weighted by Gasteiger charge is 2.29. The molecule has 0 saturated heterocycles. The first-order valence-electron chi connectivity index (χ1n) is 7.19. The molecular formula is C16H15F3N2O. The summed E-state index contributed by atoms with van der Waals surface area (Å²) < 4.78 is 38.9. The number of nitrogens with zero attached hydrogens (tertiary/aromatic N) is 2. The molecule has 0 N–H and O–H groups in total. The van der Waals surface area contributed by atoms with Crippen molar-refractivity contribution in [3.8, 4) is 0 Å². The SMILES string of the molecule is O=c1cc2c(nn1Cc1ccc(C(F)(F)F)cc1)CCCC2. The second kappa shape index (κ2) is 5.59. The van der Waals surface area contributed by atoms with Gasteiger partial charge in [0.05, 0.1) is 17.8 Å². The fourth-order valence-electron chi connectivity index (χ4n) is 2.69. The Morgan fingerprint density at radius 2 is 1.77 bits per heavy atom. The first-order valence-corrected chi connectivity index (χ1v) is 7.19. The van der Waals surface area contributed by atoms with Gasteiger partial charge in [-0.2, -0.15) is 18.3 Å². The van der Waals surface area contributed by atoms with Crippen LogP contribution in [0.3, 0.4) is 0 Å². The van der Waals surface area contributed by atoms with E-state index in [1.807, 2.05) is 0 Å². The smallest absolute Gasteiger partial charge is 0.268 e. The van der Waals surface area contributed by atoms with E-state index in [1.165, 1.54) is 16.8 Å². The lowest BCUT2D eigenvalue weighted by Crippen LogP contribution is -2.26. The minimum atomic E-state index is -4.35. The zero-order chi connectivity index (χ0) is 15.7. The minimum Gasteiger partial charge on any atom is -0.268 e. The van der Waals surface area contributed by atoms with E-state index < -0.39 is 11.7 Å². The van der Waals surface area contributed by atoms with Crippen LogP contribution in [-0.2, 0) is 25.6 Å².